The first-order valence-electron chi connectivity index (χ1n) is 6.40. The highest BCUT2D eigenvalue weighted by Crippen LogP contribution is 2.16. The van der Waals surface area contributed by atoms with Crippen LogP contribution in [0.4, 0.5) is 0 Å². The minimum absolute atomic E-state index is 0.0527. The molecular weight excluding hydrogens is 282 g/mol. The molecule has 1 atom stereocenters. The van der Waals surface area contributed by atoms with Crippen molar-refractivity contribution in [2.75, 3.05) is 6.54 Å². The summed E-state index contributed by atoms with van der Waals surface area (Å²) in [5.74, 6) is -0.850. The van der Waals surface area contributed by atoms with Gasteiger partial charge in [-0.15, -0.1) is 0 Å². The van der Waals surface area contributed by atoms with Gasteiger partial charge in [0, 0.05) is 26.2 Å². The number of nitrogens with one attached hydrogen (secondary N) is 1. The van der Waals surface area contributed by atoms with E-state index >= 15 is 0 Å². The van der Waals surface area contributed by atoms with Crippen LogP contribution in [0.15, 0.2) is 17.6 Å². The standard InChI is InChI=1S/C12H21N3O4S/c1-9(2)4-10(5-12(16)17)6-14-20(18,19)11-7-15(3)8-13-11/h7-10,14H,4-6H2,1-3H3,(H,16,17)/t10-/m0/s1. The van der Waals surface area contributed by atoms with E-state index in [9.17, 15) is 13.2 Å². The van der Waals surface area contributed by atoms with Gasteiger partial charge in [0.05, 0.1) is 6.33 Å². The molecule has 0 unspecified atom stereocenters. The van der Waals surface area contributed by atoms with Crippen molar-refractivity contribution in [3.05, 3.63) is 12.5 Å². The molecule has 0 fully saturated rings. The number of hydrogen-bond acceptors (Lipinski definition) is 4. The molecule has 1 rings (SSSR count). The molecule has 0 aliphatic rings. The topological polar surface area (TPSA) is 101 Å². The summed E-state index contributed by atoms with van der Waals surface area (Å²) >= 11 is 0. The summed E-state index contributed by atoms with van der Waals surface area (Å²) in [6.07, 6.45) is 3.40. The van der Waals surface area contributed by atoms with Gasteiger partial charge >= 0.3 is 5.97 Å². The van der Waals surface area contributed by atoms with Crippen LogP contribution in [-0.2, 0) is 21.9 Å². The summed E-state index contributed by atoms with van der Waals surface area (Å²) in [6, 6.07) is 0. The molecule has 2 N–H and O–H groups in total. The van der Waals surface area contributed by atoms with E-state index in [1.165, 1.54) is 17.1 Å². The molecule has 0 aliphatic heterocycles. The molecule has 20 heavy (non-hydrogen) atoms. The smallest absolute Gasteiger partial charge is 0.303 e. The summed E-state index contributed by atoms with van der Waals surface area (Å²) in [6.45, 7) is 4.05. The third kappa shape index (κ3) is 5.30. The lowest BCUT2D eigenvalue weighted by Gasteiger charge is -2.17. The third-order valence-corrected chi connectivity index (χ3v) is 4.09. The van der Waals surface area contributed by atoms with E-state index in [4.69, 9.17) is 5.11 Å². The highest BCUT2D eigenvalue weighted by atomic mass is 32.2. The Morgan fingerprint density at radius 2 is 2.15 bits per heavy atom. The van der Waals surface area contributed by atoms with Gasteiger partial charge in [-0.05, 0) is 18.3 Å². The van der Waals surface area contributed by atoms with Gasteiger partial charge in [-0.3, -0.25) is 4.79 Å². The number of carboxylic acid groups (broad SMARTS) is 1. The van der Waals surface area contributed by atoms with E-state index in [-0.39, 0.29) is 23.9 Å². The molecule has 1 aromatic rings. The van der Waals surface area contributed by atoms with Crippen LogP contribution in [0.3, 0.4) is 0 Å². The number of sulfonamides is 1. The zero-order chi connectivity index (χ0) is 15.3. The van der Waals surface area contributed by atoms with Gasteiger partial charge in [-0.1, -0.05) is 13.8 Å². The van der Waals surface area contributed by atoms with Gasteiger partial charge in [0.2, 0.25) is 0 Å². The normalized spacial score (nSPS) is 13.6. The number of carbonyl (C=O) groups is 1. The minimum Gasteiger partial charge on any atom is -0.481 e. The number of rotatable bonds is 8. The lowest BCUT2D eigenvalue weighted by molar-refractivity contribution is -0.138. The zero-order valence-electron chi connectivity index (χ0n) is 11.9. The van der Waals surface area contributed by atoms with E-state index in [0.29, 0.717) is 12.3 Å². The van der Waals surface area contributed by atoms with Crippen molar-refractivity contribution in [2.24, 2.45) is 18.9 Å². The molecule has 1 aromatic heterocycles. The largest absolute Gasteiger partial charge is 0.481 e. The average Bonchev–Trinajstić information content (AvgIpc) is 2.72. The van der Waals surface area contributed by atoms with Crippen LogP contribution >= 0.6 is 0 Å². The molecule has 0 amide bonds. The fourth-order valence-electron chi connectivity index (χ4n) is 1.98. The minimum atomic E-state index is -3.68. The van der Waals surface area contributed by atoms with Gasteiger partial charge < -0.3 is 9.67 Å². The summed E-state index contributed by atoms with van der Waals surface area (Å²) in [7, 11) is -2.00. The Morgan fingerprint density at radius 1 is 1.50 bits per heavy atom. The molecule has 0 radical (unpaired) electrons. The van der Waals surface area contributed by atoms with Crippen molar-refractivity contribution in [3.8, 4) is 0 Å². The molecule has 0 aromatic carbocycles. The molecule has 114 valence electrons. The average molecular weight is 303 g/mol. The summed E-state index contributed by atoms with van der Waals surface area (Å²) < 4.78 is 27.9. The summed E-state index contributed by atoms with van der Waals surface area (Å²) in [4.78, 5) is 14.6. The Bertz CT molecular complexity index is 551. The Labute approximate surface area is 119 Å². The summed E-state index contributed by atoms with van der Waals surface area (Å²) in [5, 5.41) is 8.80. The van der Waals surface area contributed by atoms with E-state index in [1.54, 1.807) is 7.05 Å². The molecule has 1 heterocycles. The molecule has 0 spiro atoms. The molecule has 0 bridgehead atoms. The second-order valence-corrected chi connectivity index (χ2v) is 7.04. The zero-order valence-corrected chi connectivity index (χ0v) is 12.7. The fraction of sp³-hybridized carbons (Fsp3) is 0.667. The molecule has 0 aliphatic carbocycles. The second-order valence-electron chi connectivity index (χ2n) is 5.32. The van der Waals surface area contributed by atoms with E-state index in [1.807, 2.05) is 13.8 Å². The maximum absolute atomic E-state index is 12.0. The molecule has 7 nitrogen and oxygen atoms in total. The third-order valence-electron chi connectivity index (χ3n) is 2.79. The highest BCUT2D eigenvalue weighted by molar-refractivity contribution is 7.89. The van der Waals surface area contributed by atoms with Gasteiger partial charge in [-0.25, -0.2) is 18.1 Å². The van der Waals surface area contributed by atoms with Gasteiger partial charge in [0.15, 0.2) is 5.03 Å². The Balaban J connectivity index is 2.68. The number of aryl methyl sites for hydroxylation is 1. The van der Waals surface area contributed by atoms with Crippen LogP contribution in [0.5, 0.6) is 0 Å². The first kappa shape index (κ1) is 16.6. The predicted molar refractivity (Wildman–Crippen MR) is 73.6 cm³/mol. The van der Waals surface area contributed by atoms with Crippen molar-refractivity contribution in [3.63, 3.8) is 0 Å². The number of hydrogen-bond donors (Lipinski definition) is 2. The monoisotopic (exact) mass is 303 g/mol. The van der Waals surface area contributed by atoms with Crippen molar-refractivity contribution in [1.82, 2.24) is 14.3 Å². The number of imidazole rings is 1. The number of carboxylic acids is 1. The van der Waals surface area contributed by atoms with Gasteiger partial charge in [-0.2, -0.15) is 0 Å². The number of nitrogens with zero attached hydrogens (tertiary/aromatic N) is 2. The Kier molecular flexibility index (Phi) is 5.70. The Hall–Kier alpha value is -1.41. The van der Waals surface area contributed by atoms with Crippen LogP contribution in [0, 0.1) is 11.8 Å². The lowest BCUT2D eigenvalue weighted by Crippen LogP contribution is -2.31. The lowest BCUT2D eigenvalue weighted by atomic mass is 9.94. The predicted octanol–water partition coefficient (Wildman–Crippen LogP) is 0.835. The van der Waals surface area contributed by atoms with E-state index < -0.39 is 16.0 Å². The quantitative estimate of drug-likeness (QED) is 0.741. The van der Waals surface area contributed by atoms with Crippen molar-refractivity contribution < 1.29 is 18.3 Å². The van der Waals surface area contributed by atoms with Gasteiger partial charge in [0.25, 0.3) is 10.0 Å². The fourth-order valence-corrected chi connectivity index (χ4v) is 3.08. The van der Waals surface area contributed by atoms with Crippen molar-refractivity contribution >= 4 is 16.0 Å². The SMILES string of the molecule is CC(C)C[C@H](CNS(=O)(=O)c1cn(C)cn1)CC(=O)O. The Morgan fingerprint density at radius 3 is 2.60 bits per heavy atom. The van der Waals surface area contributed by atoms with Crippen LogP contribution < -0.4 is 4.72 Å². The maximum atomic E-state index is 12.0. The molecular formula is C12H21N3O4S. The summed E-state index contributed by atoms with van der Waals surface area (Å²) in [5.41, 5.74) is 0. The molecule has 0 saturated heterocycles. The van der Waals surface area contributed by atoms with Crippen LogP contribution in [0.25, 0.3) is 0 Å². The van der Waals surface area contributed by atoms with Crippen LogP contribution in [0.2, 0.25) is 0 Å². The number of aliphatic carboxylic acids is 1. The first-order chi connectivity index (χ1) is 9.20. The van der Waals surface area contributed by atoms with Crippen LogP contribution in [-0.4, -0.2) is 35.6 Å². The van der Waals surface area contributed by atoms with E-state index in [2.05, 4.69) is 9.71 Å². The van der Waals surface area contributed by atoms with E-state index in [0.717, 1.165) is 0 Å². The van der Waals surface area contributed by atoms with Crippen LogP contribution in [0.1, 0.15) is 26.7 Å². The van der Waals surface area contributed by atoms with Crippen molar-refractivity contribution in [2.45, 2.75) is 31.7 Å². The van der Waals surface area contributed by atoms with Crippen molar-refractivity contribution in [1.29, 1.82) is 0 Å². The highest BCUT2D eigenvalue weighted by Gasteiger charge is 2.21. The molecule has 8 heteroatoms. The van der Waals surface area contributed by atoms with Gasteiger partial charge in [0.1, 0.15) is 0 Å². The maximum Gasteiger partial charge on any atom is 0.303 e. The first-order valence-corrected chi connectivity index (χ1v) is 7.88. The molecule has 0 saturated carbocycles. The number of aromatic nitrogens is 2. The second kappa shape index (κ2) is 6.85.